The topological polar surface area (TPSA) is 65.4 Å². The van der Waals surface area contributed by atoms with E-state index in [1.807, 2.05) is 44.2 Å². The van der Waals surface area contributed by atoms with Crippen LogP contribution < -0.4 is 10.1 Å². The molecule has 1 amide bonds. The van der Waals surface area contributed by atoms with E-state index >= 15 is 0 Å². The van der Waals surface area contributed by atoms with Gasteiger partial charge in [0.25, 0.3) is 0 Å². The molecule has 0 unspecified atom stereocenters. The summed E-state index contributed by atoms with van der Waals surface area (Å²) in [7, 11) is 1.63. The van der Waals surface area contributed by atoms with Gasteiger partial charge < -0.3 is 14.8 Å². The predicted octanol–water partition coefficient (Wildman–Crippen LogP) is 4.68. The van der Waals surface area contributed by atoms with E-state index in [0.717, 1.165) is 34.0 Å². The monoisotopic (exact) mass is 461 g/mol. The number of rotatable bonds is 9. The zero-order chi connectivity index (χ0) is 22.4. The highest BCUT2D eigenvalue weighted by molar-refractivity contribution is 6.35. The summed E-state index contributed by atoms with van der Waals surface area (Å²) in [5, 5.41) is 8.60. The van der Waals surface area contributed by atoms with E-state index in [4.69, 9.17) is 32.7 Å². The first-order valence-electron chi connectivity index (χ1n) is 9.87. The van der Waals surface area contributed by atoms with E-state index in [2.05, 4.69) is 10.4 Å². The second-order valence-electron chi connectivity index (χ2n) is 7.10. The van der Waals surface area contributed by atoms with Crippen LogP contribution in [0.15, 0.2) is 42.5 Å². The molecule has 0 atom stereocenters. The maximum Gasteiger partial charge on any atom is 0.224 e. The highest BCUT2D eigenvalue weighted by Crippen LogP contribution is 2.27. The van der Waals surface area contributed by atoms with Gasteiger partial charge in [0.2, 0.25) is 5.91 Å². The largest absolute Gasteiger partial charge is 0.491 e. The zero-order valence-corrected chi connectivity index (χ0v) is 19.3. The van der Waals surface area contributed by atoms with Crippen LogP contribution in [0.3, 0.4) is 0 Å². The SMILES string of the molecule is COCCOc1cccc(CNC(=O)Cc2c(C)nn(-c3ccc(Cl)cc3Cl)c2C)c1. The van der Waals surface area contributed by atoms with Gasteiger partial charge >= 0.3 is 0 Å². The van der Waals surface area contributed by atoms with Gasteiger partial charge in [-0.25, -0.2) is 4.68 Å². The summed E-state index contributed by atoms with van der Waals surface area (Å²) in [5.41, 5.74) is 4.21. The van der Waals surface area contributed by atoms with Crippen LogP contribution in [-0.4, -0.2) is 36.0 Å². The van der Waals surface area contributed by atoms with Gasteiger partial charge in [-0.2, -0.15) is 5.10 Å². The van der Waals surface area contributed by atoms with E-state index in [1.165, 1.54) is 0 Å². The molecule has 1 aromatic heterocycles. The molecule has 2 aromatic carbocycles. The molecule has 1 N–H and O–H groups in total. The summed E-state index contributed by atoms with van der Waals surface area (Å²) >= 11 is 12.3. The Kier molecular flexibility index (Phi) is 7.96. The summed E-state index contributed by atoms with van der Waals surface area (Å²) < 4.78 is 12.4. The number of nitrogens with one attached hydrogen (secondary N) is 1. The molecule has 1 heterocycles. The van der Waals surface area contributed by atoms with Crippen molar-refractivity contribution in [3.8, 4) is 11.4 Å². The Hall–Kier alpha value is -2.54. The Morgan fingerprint density at radius 3 is 2.68 bits per heavy atom. The van der Waals surface area contributed by atoms with Crippen molar-refractivity contribution in [3.63, 3.8) is 0 Å². The molecular formula is C23H25Cl2N3O3. The quantitative estimate of drug-likeness (QED) is 0.469. The van der Waals surface area contributed by atoms with Crippen molar-refractivity contribution in [2.45, 2.75) is 26.8 Å². The van der Waals surface area contributed by atoms with E-state index in [-0.39, 0.29) is 12.3 Å². The molecule has 3 rings (SSSR count). The molecule has 0 radical (unpaired) electrons. The van der Waals surface area contributed by atoms with Crippen molar-refractivity contribution < 1.29 is 14.3 Å². The van der Waals surface area contributed by atoms with E-state index in [1.54, 1.807) is 23.9 Å². The van der Waals surface area contributed by atoms with Crippen molar-refractivity contribution in [3.05, 3.63) is 75.0 Å². The number of benzene rings is 2. The third kappa shape index (κ3) is 6.00. The molecule has 0 spiro atoms. The third-order valence-corrected chi connectivity index (χ3v) is 5.40. The maximum atomic E-state index is 12.6. The molecule has 164 valence electrons. The van der Waals surface area contributed by atoms with Crippen molar-refractivity contribution in [2.75, 3.05) is 20.3 Å². The second kappa shape index (κ2) is 10.7. The summed E-state index contributed by atoms with van der Waals surface area (Å²) in [6.45, 7) is 5.22. The Balaban J connectivity index is 1.65. The number of hydrogen-bond donors (Lipinski definition) is 1. The number of hydrogen-bond acceptors (Lipinski definition) is 4. The molecule has 0 aliphatic rings. The van der Waals surface area contributed by atoms with Gasteiger partial charge in [0.05, 0.1) is 29.4 Å². The molecule has 3 aromatic rings. The van der Waals surface area contributed by atoms with Crippen LogP contribution in [0.4, 0.5) is 0 Å². The predicted molar refractivity (Wildman–Crippen MR) is 122 cm³/mol. The fourth-order valence-corrected chi connectivity index (χ4v) is 3.72. The first kappa shape index (κ1) is 23.1. The van der Waals surface area contributed by atoms with Crippen molar-refractivity contribution in [1.82, 2.24) is 15.1 Å². The Morgan fingerprint density at radius 2 is 1.94 bits per heavy atom. The van der Waals surface area contributed by atoms with E-state index in [9.17, 15) is 4.79 Å². The van der Waals surface area contributed by atoms with Gasteiger partial charge in [-0.1, -0.05) is 35.3 Å². The van der Waals surface area contributed by atoms with Crippen LogP contribution >= 0.6 is 23.2 Å². The molecule has 0 fully saturated rings. The number of halogens is 2. The fourth-order valence-electron chi connectivity index (χ4n) is 3.23. The number of amides is 1. The lowest BCUT2D eigenvalue weighted by molar-refractivity contribution is -0.120. The molecule has 0 aliphatic carbocycles. The lowest BCUT2D eigenvalue weighted by atomic mass is 10.1. The van der Waals surface area contributed by atoms with Crippen LogP contribution in [0, 0.1) is 13.8 Å². The van der Waals surface area contributed by atoms with Gasteiger partial charge in [0.1, 0.15) is 12.4 Å². The van der Waals surface area contributed by atoms with Crippen LogP contribution in [0.25, 0.3) is 5.69 Å². The molecule has 0 aliphatic heterocycles. The van der Waals surface area contributed by atoms with Gasteiger partial charge in [0, 0.05) is 29.9 Å². The lowest BCUT2D eigenvalue weighted by Crippen LogP contribution is -2.25. The van der Waals surface area contributed by atoms with Crippen molar-refractivity contribution in [2.24, 2.45) is 0 Å². The smallest absolute Gasteiger partial charge is 0.224 e. The zero-order valence-electron chi connectivity index (χ0n) is 17.7. The summed E-state index contributed by atoms with van der Waals surface area (Å²) in [4.78, 5) is 12.6. The highest BCUT2D eigenvalue weighted by atomic mass is 35.5. The minimum absolute atomic E-state index is 0.0846. The lowest BCUT2D eigenvalue weighted by Gasteiger charge is -2.10. The van der Waals surface area contributed by atoms with Crippen LogP contribution in [0.1, 0.15) is 22.5 Å². The first-order chi connectivity index (χ1) is 14.9. The summed E-state index contributed by atoms with van der Waals surface area (Å²) in [5.74, 6) is 0.662. The van der Waals surface area contributed by atoms with Crippen molar-refractivity contribution >= 4 is 29.1 Å². The number of methoxy groups -OCH3 is 1. The number of nitrogens with zero attached hydrogens (tertiary/aromatic N) is 2. The number of aryl methyl sites for hydroxylation is 1. The molecule has 8 heteroatoms. The van der Waals surface area contributed by atoms with Crippen molar-refractivity contribution in [1.29, 1.82) is 0 Å². The number of carbonyl (C=O) groups excluding carboxylic acids is 1. The van der Waals surface area contributed by atoms with Gasteiger partial charge in [-0.05, 0) is 49.7 Å². The van der Waals surface area contributed by atoms with E-state index in [0.29, 0.717) is 29.8 Å². The average Bonchev–Trinajstić information content (AvgIpc) is 3.01. The molecule has 0 bridgehead atoms. The van der Waals surface area contributed by atoms with Crippen LogP contribution in [-0.2, 0) is 22.5 Å². The highest BCUT2D eigenvalue weighted by Gasteiger charge is 2.17. The molecule has 6 nitrogen and oxygen atoms in total. The average molecular weight is 462 g/mol. The minimum atomic E-state index is -0.0846. The Labute approximate surface area is 192 Å². The Morgan fingerprint density at radius 1 is 1.13 bits per heavy atom. The second-order valence-corrected chi connectivity index (χ2v) is 7.94. The summed E-state index contributed by atoms with van der Waals surface area (Å²) in [6, 6.07) is 12.9. The maximum absolute atomic E-state index is 12.6. The van der Waals surface area contributed by atoms with Gasteiger partial charge in [-0.15, -0.1) is 0 Å². The standard InChI is InChI=1S/C23H25Cl2N3O3/c1-15-20(16(2)28(27-15)22-8-7-18(24)12-21(22)25)13-23(29)26-14-17-5-4-6-19(11-17)31-10-9-30-3/h4-8,11-12H,9-10,13-14H2,1-3H3,(H,26,29). The number of ether oxygens (including phenoxy) is 2. The van der Waals surface area contributed by atoms with Gasteiger partial charge in [-0.3, -0.25) is 4.79 Å². The number of carbonyl (C=O) groups is 1. The van der Waals surface area contributed by atoms with Gasteiger partial charge in [0.15, 0.2) is 0 Å². The fraction of sp³-hybridized carbons (Fsp3) is 0.304. The van der Waals surface area contributed by atoms with E-state index < -0.39 is 0 Å². The van der Waals surface area contributed by atoms with Crippen LogP contribution in [0.2, 0.25) is 10.0 Å². The molecular weight excluding hydrogens is 437 g/mol. The third-order valence-electron chi connectivity index (χ3n) is 4.86. The normalized spacial score (nSPS) is 10.9. The number of aromatic nitrogens is 2. The molecule has 0 saturated carbocycles. The Bertz CT molecular complexity index is 1070. The molecule has 31 heavy (non-hydrogen) atoms. The van der Waals surface area contributed by atoms with Crippen LogP contribution in [0.5, 0.6) is 5.75 Å². The molecule has 0 saturated heterocycles. The summed E-state index contributed by atoms with van der Waals surface area (Å²) in [6.07, 6.45) is 0.229. The minimum Gasteiger partial charge on any atom is -0.491 e. The first-order valence-corrected chi connectivity index (χ1v) is 10.6.